The Morgan fingerprint density at radius 2 is 1.11 bits per heavy atom. The smallest absolute Gasteiger partial charge is 0.410 e. The summed E-state index contributed by atoms with van der Waals surface area (Å²) in [6.07, 6.45) is 3.22. The van der Waals surface area contributed by atoms with Gasteiger partial charge in [0.2, 0.25) is 0 Å². The molecule has 2 amide bonds. The maximum Gasteiger partial charge on any atom is 0.416 e. The van der Waals surface area contributed by atoms with Crippen LogP contribution in [0.4, 0.5) is 9.59 Å². The van der Waals surface area contributed by atoms with Crippen molar-refractivity contribution in [1.82, 2.24) is 9.80 Å². The van der Waals surface area contributed by atoms with E-state index in [1.165, 1.54) is 0 Å². The Morgan fingerprint density at radius 3 is 1.57 bits per heavy atom. The summed E-state index contributed by atoms with van der Waals surface area (Å²) in [5.74, 6) is 1.17. The fourth-order valence-electron chi connectivity index (χ4n) is 5.52. The van der Waals surface area contributed by atoms with Gasteiger partial charge in [-0.2, -0.15) is 0 Å². The van der Waals surface area contributed by atoms with Crippen LogP contribution >= 0.6 is 0 Å². The van der Waals surface area contributed by atoms with Crippen molar-refractivity contribution >= 4 is 12.2 Å². The zero-order chi connectivity index (χ0) is 18.8. The number of para-hydroxylation sites is 2. The highest BCUT2D eigenvalue weighted by Gasteiger charge is 2.57. The van der Waals surface area contributed by atoms with Gasteiger partial charge >= 0.3 is 12.2 Å². The molecular weight excluding hydrogens is 356 g/mol. The molecule has 1 saturated carbocycles. The molecule has 4 atom stereocenters. The second-order valence-corrected chi connectivity index (χ2v) is 7.93. The van der Waals surface area contributed by atoms with E-state index < -0.39 is 0 Å². The number of rotatable bonds is 0. The molecular formula is C22H20N2O4. The molecule has 2 aromatic rings. The molecule has 0 bridgehead atoms. The number of piperazine rings is 1. The average molecular weight is 376 g/mol. The number of hydrogen-bond acceptors (Lipinski definition) is 4. The normalized spacial score (nSPS) is 30.1. The van der Waals surface area contributed by atoms with Gasteiger partial charge in [0.15, 0.2) is 0 Å². The third-order valence-corrected chi connectivity index (χ3v) is 6.60. The molecule has 0 aromatic heterocycles. The van der Waals surface area contributed by atoms with E-state index in [2.05, 4.69) is 0 Å². The van der Waals surface area contributed by atoms with Crippen LogP contribution < -0.4 is 9.47 Å². The molecule has 6 rings (SSSR count). The Hall–Kier alpha value is -3.02. The van der Waals surface area contributed by atoms with Crippen molar-refractivity contribution in [3.63, 3.8) is 0 Å². The lowest BCUT2D eigenvalue weighted by molar-refractivity contribution is -0.0672. The first-order valence-corrected chi connectivity index (χ1v) is 9.92. The topological polar surface area (TPSA) is 59.1 Å². The van der Waals surface area contributed by atoms with Crippen molar-refractivity contribution in [2.45, 2.75) is 49.9 Å². The second-order valence-electron chi connectivity index (χ2n) is 7.93. The molecule has 6 heteroatoms. The Balaban J connectivity index is 1.61. The highest BCUT2D eigenvalue weighted by atomic mass is 16.6. The predicted molar refractivity (Wildman–Crippen MR) is 100 cm³/mol. The monoisotopic (exact) mass is 376 g/mol. The average Bonchev–Trinajstić information content (AvgIpc) is 2.73. The van der Waals surface area contributed by atoms with E-state index >= 15 is 0 Å². The van der Waals surface area contributed by atoms with Gasteiger partial charge in [0.25, 0.3) is 0 Å². The fourth-order valence-corrected chi connectivity index (χ4v) is 5.52. The van der Waals surface area contributed by atoms with Crippen molar-refractivity contribution in [3.8, 4) is 11.5 Å². The highest BCUT2D eigenvalue weighted by molar-refractivity contribution is 5.79. The zero-order valence-electron chi connectivity index (χ0n) is 15.3. The minimum Gasteiger partial charge on any atom is -0.410 e. The first-order valence-electron chi connectivity index (χ1n) is 9.92. The molecule has 0 spiro atoms. The first-order chi connectivity index (χ1) is 13.7. The van der Waals surface area contributed by atoms with E-state index in [4.69, 9.17) is 9.47 Å². The van der Waals surface area contributed by atoms with E-state index in [-0.39, 0.29) is 36.4 Å². The van der Waals surface area contributed by atoms with Gasteiger partial charge in [0.05, 0.1) is 24.2 Å². The Labute approximate surface area is 162 Å². The highest BCUT2D eigenvalue weighted by Crippen LogP contribution is 2.55. The summed E-state index contributed by atoms with van der Waals surface area (Å²) < 4.78 is 11.4. The van der Waals surface area contributed by atoms with Crippen LogP contribution in [0.2, 0.25) is 0 Å². The number of fused-ring (bicyclic) bond motifs is 10. The lowest BCUT2D eigenvalue weighted by atomic mass is 9.77. The Kier molecular flexibility index (Phi) is 3.27. The lowest BCUT2D eigenvalue weighted by Crippen LogP contribution is -2.67. The lowest BCUT2D eigenvalue weighted by Gasteiger charge is -2.58. The molecule has 6 nitrogen and oxygen atoms in total. The van der Waals surface area contributed by atoms with Gasteiger partial charge in [0, 0.05) is 11.1 Å². The van der Waals surface area contributed by atoms with Crippen molar-refractivity contribution in [1.29, 1.82) is 0 Å². The van der Waals surface area contributed by atoms with Crippen LogP contribution in [0.15, 0.2) is 48.5 Å². The van der Waals surface area contributed by atoms with Crippen molar-refractivity contribution in [2.75, 3.05) is 0 Å². The van der Waals surface area contributed by atoms with Crippen molar-refractivity contribution in [3.05, 3.63) is 59.7 Å². The van der Waals surface area contributed by atoms with Gasteiger partial charge in [-0.05, 0) is 25.0 Å². The van der Waals surface area contributed by atoms with Crippen LogP contribution in [-0.2, 0) is 0 Å². The number of amides is 2. The third kappa shape index (κ3) is 2.03. The van der Waals surface area contributed by atoms with E-state index in [0.717, 1.165) is 36.8 Å². The number of hydrogen-bond donors (Lipinski definition) is 0. The minimum absolute atomic E-state index is 0.0475. The molecule has 0 radical (unpaired) electrons. The van der Waals surface area contributed by atoms with Gasteiger partial charge < -0.3 is 9.47 Å². The Bertz CT molecular complexity index is 911. The van der Waals surface area contributed by atoms with E-state index in [1.54, 1.807) is 0 Å². The van der Waals surface area contributed by atoms with Gasteiger partial charge in [-0.25, -0.2) is 9.59 Å². The SMILES string of the molecule is O=C1Oc2ccccc2C2C3c4ccccc4OC(=O)N3[C@@H]3CCCC[C@H]3N12. The van der Waals surface area contributed by atoms with Crippen LogP contribution in [0.25, 0.3) is 0 Å². The number of carbonyl (C=O) groups excluding carboxylic acids is 2. The molecule has 142 valence electrons. The summed E-state index contributed by atoms with van der Waals surface area (Å²) in [5.41, 5.74) is 1.90. The summed E-state index contributed by atoms with van der Waals surface area (Å²) in [5, 5.41) is 0. The molecule has 2 aromatic carbocycles. The predicted octanol–water partition coefficient (Wildman–Crippen LogP) is 4.42. The molecule has 28 heavy (non-hydrogen) atoms. The molecule has 3 heterocycles. The minimum atomic E-state index is -0.309. The molecule has 4 aliphatic rings. The van der Waals surface area contributed by atoms with Crippen molar-refractivity contribution < 1.29 is 19.1 Å². The van der Waals surface area contributed by atoms with E-state index in [1.807, 2.05) is 58.3 Å². The van der Waals surface area contributed by atoms with E-state index in [0.29, 0.717) is 11.5 Å². The summed E-state index contributed by atoms with van der Waals surface area (Å²) in [6, 6.07) is 14.7. The second kappa shape index (κ2) is 5.74. The van der Waals surface area contributed by atoms with Crippen molar-refractivity contribution in [2.24, 2.45) is 0 Å². The van der Waals surface area contributed by atoms with Crippen LogP contribution in [0.1, 0.15) is 48.9 Å². The standard InChI is InChI=1S/C22H20N2O4/c25-21-23-15-9-3-4-10-16(15)24-20(14-8-2-6-12-18(14)28-22(24)26)19(23)13-7-1-5-11-17(13)27-21/h1-2,5-8,11-12,15-16,19-20H,3-4,9-10H2/t15-,16-,19?,20?/m1/s1. The summed E-state index contributed by atoms with van der Waals surface area (Å²) in [7, 11) is 0. The summed E-state index contributed by atoms with van der Waals surface area (Å²) >= 11 is 0. The van der Waals surface area contributed by atoms with E-state index in [9.17, 15) is 9.59 Å². The first kappa shape index (κ1) is 16.0. The Morgan fingerprint density at radius 1 is 0.679 bits per heavy atom. The molecule has 0 N–H and O–H groups in total. The number of nitrogens with zero attached hydrogens (tertiary/aromatic N) is 2. The summed E-state index contributed by atoms with van der Waals surface area (Å²) in [4.78, 5) is 30.0. The number of ether oxygens (including phenoxy) is 2. The van der Waals surface area contributed by atoms with Crippen LogP contribution in [0, 0.1) is 0 Å². The van der Waals surface area contributed by atoms with Gasteiger partial charge in [-0.3, -0.25) is 9.80 Å². The maximum absolute atomic E-state index is 13.1. The molecule has 2 fully saturated rings. The summed E-state index contributed by atoms with van der Waals surface area (Å²) in [6.45, 7) is 0. The third-order valence-electron chi connectivity index (χ3n) is 6.60. The fraction of sp³-hybridized carbons (Fsp3) is 0.364. The van der Waals surface area contributed by atoms with Crippen LogP contribution in [-0.4, -0.2) is 34.1 Å². The van der Waals surface area contributed by atoms with Crippen LogP contribution in [0.3, 0.4) is 0 Å². The molecule has 2 unspecified atom stereocenters. The molecule has 1 saturated heterocycles. The quantitative estimate of drug-likeness (QED) is 0.683. The van der Waals surface area contributed by atoms with Gasteiger partial charge in [-0.1, -0.05) is 49.2 Å². The largest absolute Gasteiger partial charge is 0.416 e. The number of carbonyl (C=O) groups is 2. The molecule has 3 aliphatic heterocycles. The zero-order valence-corrected chi connectivity index (χ0v) is 15.3. The van der Waals surface area contributed by atoms with Crippen LogP contribution in [0.5, 0.6) is 11.5 Å². The number of benzene rings is 2. The van der Waals surface area contributed by atoms with Gasteiger partial charge in [0.1, 0.15) is 11.5 Å². The van der Waals surface area contributed by atoms with Gasteiger partial charge in [-0.15, -0.1) is 0 Å². The maximum atomic E-state index is 13.1. The molecule has 1 aliphatic carbocycles.